The highest BCUT2D eigenvalue weighted by atomic mass is 32.2. The van der Waals surface area contributed by atoms with Gasteiger partial charge in [-0.3, -0.25) is 9.59 Å². The molecule has 2 heterocycles. The minimum absolute atomic E-state index is 0.0897. The molecule has 1 aliphatic heterocycles. The summed E-state index contributed by atoms with van der Waals surface area (Å²) in [6.07, 6.45) is 13.5. The first-order valence-corrected chi connectivity index (χ1v) is 16.0. The van der Waals surface area contributed by atoms with E-state index in [0.29, 0.717) is 18.4 Å². The number of aliphatic hydroxyl groups is 1. The van der Waals surface area contributed by atoms with Crippen LogP contribution in [0.3, 0.4) is 0 Å². The van der Waals surface area contributed by atoms with Gasteiger partial charge in [-0.15, -0.1) is 12.8 Å². The summed E-state index contributed by atoms with van der Waals surface area (Å²) in [7, 11) is 4.52. The number of ether oxygens (including phenoxy) is 2. The van der Waals surface area contributed by atoms with Gasteiger partial charge in [0.15, 0.2) is 0 Å². The smallest absolute Gasteiger partial charge is 0.290 e. The second-order valence-corrected chi connectivity index (χ2v) is 11.7. The van der Waals surface area contributed by atoms with Crippen LogP contribution >= 0.6 is 0 Å². The summed E-state index contributed by atoms with van der Waals surface area (Å²) in [4.78, 5) is 25.4. The third-order valence-electron chi connectivity index (χ3n) is 6.39. The molecule has 0 bridgehead atoms. The molecule has 1 fully saturated rings. The van der Waals surface area contributed by atoms with Gasteiger partial charge in [0.25, 0.3) is 6.47 Å². The van der Waals surface area contributed by atoms with Crippen LogP contribution < -0.4 is 10.3 Å². The zero-order valence-electron chi connectivity index (χ0n) is 27.6. The molecule has 10 nitrogen and oxygen atoms in total. The Morgan fingerprint density at radius 1 is 1.16 bits per heavy atom. The Labute approximate surface area is 267 Å². The molecule has 2 aromatic rings. The predicted molar refractivity (Wildman–Crippen MR) is 179 cm³/mol. The van der Waals surface area contributed by atoms with Crippen LogP contribution in [0, 0.1) is 24.7 Å². The molecule has 250 valence electrons. The molecule has 1 aliphatic rings. The summed E-state index contributed by atoms with van der Waals surface area (Å²) < 4.78 is 25.6. The Balaban J connectivity index is 0. The normalized spacial score (nSPS) is 14.8. The number of terminal acetylenes is 1. The van der Waals surface area contributed by atoms with Crippen molar-refractivity contribution in [2.45, 2.75) is 64.3 Å². The molecule has 0 spiro atoms. The van der Waals surface area contributed by atoms with Crippen molar-refractivity contribution in [3.05, 3.63) is 58.5 Å². The Morgan fingerprint density at radius 2 is 1.77 bits per heavy atom. The molecule has 3 N–H and O–H groups in total. The van der Waals surface area contributed by atoms with Crippen molar-refractivity contribution in [2.24, 2.45) is 11.8 Å². The van der Waals surface area contributed by atoms with Gasteiger partial charge in [0, 0.05) is 51.2 Å². The third kappa shape index (κ3) is 19.3. The summed E-state index contributed by atoms with van der Waals surface area (Å²) in [6, 6.07) is 11.1. The lowest BCUT2D eigenvalue weighted by molar-refractivity contribution is -0.122. The highest BCUT2D eigenvalue weighted by molar-refractivity contribution is 7.82. The molecule has 0 saturated carbocycles. The fraction of sp³-hybridized carbons (Fsp3) is 0.576. The molecule has 1 unspecified atom stereocenters. The molecule has 1 aromatic carbocycles. The van der Waals surface area contributed by atoms with Gasteiger partial charge >= 0.3 is 0 Å². The van der Waals surface area contributed by atoms with Crippen LogP contribution in [0.1, 0.15) is 52.5 Å². The molecule has 0 radical (unpaired) electrons. The third-order valence-corrected chi connectivity index (χ3v) is 7.86. The number of carbonyl (C=O) groups is 1. The number of aromatic nitrogens is 1. The number of nitrogens with one attached hydrogen (secondary N) is 1. The van der Waals surface area contributed by atoms with E-state index in [9.17, 15) is 9.00 Å². The topological polar surface area (TPSA) is 132 Å². The number of hydrogen-bond donors (Lipinski definition) is 3. The summed E-state index contributed by atoms with van der Waals surface area (Å²) in [5.41, 5.74) is 1.00. The van der Waals surface area contributed by atoms with E-state index in [1.54, 1.807) is 19.4 Å². The van der Waals surface area contributed by atoms with Crippen molar-refractivity contribution in [3.8, 4) is 18.6 Å². The number of carboxylic acid groups (broad SMARTS) is 1. The molecule has 44 heavy (non-hydrogen) atoms. The van der Waals surface area contributed by atoms with Crippen molar-refractivity contribution in [1.29, 1.82) is 0 Å². The van der Waals surface area contributed by atoms with E-state index < -0.39 is 11.0 Å². The van der Waals surface area contributed by atoms with Crippen molar-refractivity contribution in [3.63, 3.8) is 0 Å². The Bertz CT molecular complexity index is 1050. The summed E-state index contributed by atoms with van der Waals surface area (Å²) in [5, 5.41) is 15.4. The largest absolute Gasteiger partial charge is 0.497 e. The minimum Gasteiger partial charge on any atom is -0.497 e. The maximum absolute atomic E-state index is 13.2. The van der Waals surface area contributed by atoms with Crippen LogP contribution in [-0.2, 0) is 26.9 Å². The molecule has 1 saturated heterocycles. The number of rotatable bonds is 13. The number of aliphatic hydroxyl groups excluding tert-OH is 1. The van der Waals surface area contributed by atoms with Crippen LogP contribution in [0.25, 0.3) is 0 Å². The van der Waals surface area contributed by atoms with Gasteiger partial charge in [0.05, 0.1) is 12.0 Å². The number of H-pyrrole nitrogens is 1. The van der Waals surface area contributed by atoms with Crippen molar-refractivity contribution in [1.82, 2.24) is 14.2 Å². The van der Waals surface area contributed by atoms with Gasteiger partial charge in [0.1, 0.15) is 16.7 Å². The molecular weight excluding hydrogens is 582 g/mol. The van der Waals surface area contributed by atoms with E-state index in [0.717, 1.165) is 68.2 Å². The van der Waals surface area contributed by atoms with Crippen LogP contribution in [0.5, 0.6) is 5.75 Å². The lowest BCUT2D eigenvalue weighted by Gasteiger charge is -2.29. The van der Waals surface area contributed by atoms with Crippen LogP contribution in [-0.4, -0.2) is 95.2 Å². The summed E-state index contributed by atoms with van der Waals surface area (Å²) in [5.74, 6) is 1.81. The molecule has 3 rings (SSSR count). The SMILES string of the molecule is C#C.CC.COc1ccc(S(=O)N(CC[C@H](Cc2ccc(=O)[nH]c2)N(C)C)CC(C)C)cc1.O=CO.OCC[C@H]1CCOC1. The second kappa shape index (κ2) is 27.5. The molecule has 0 amide bonds. The van der Waals surface area contributed by atoms with Gasteiger partial charge in [-0.2, -0.15) is 0 Å². The van der Waals surface area contributed by atoms with Crippen molar-refractivity contribution >= 4 is 17.5 Å². The molecular formula is C33H55N3O7S. The lowest BCUT2D eigenvalue weighted by Crippen LogP contribution is -2.37. The van der Waals surface area contributed by atoms with E-state index in [4.69, 9.17) is 24.5 Å². The lowest BCUT2D eigenvalue weighted by atomic mass is 10.0. The fourth-order valence-corrected chi connectivity index (χ4v) is 5.53. The highest BCUT2D eigenvalue weighted by Crippen LogP contribution is 2.19. The summed E-state index contributed by atoms with van der Waals surface area (Å²) in [6.45, 7) is 11.6. The molecule has 0 aliphatic carbocycles. The monoisotopic (exact) mass is 637 g/mol. The maximum atomic E-state index is 13.2. The number of pyridine rings is 1. The van der Waals surface area contributed by atoms with E-state index in [1.807, 2.05) is 44.2 Å². The summed E-state index contributed by atoms with van der Waals surface area (Å²) >= 11 is 0. The minimum atomic E-state index is -1.22. The van der Waals surface area contributed by atoms with Crippen molar-refractivity contribution in [2.75, 3.05) is 54.1 Å². The second-order valence-electron chi connectivity index (χ2n) is 10.2. The highest BCUT2D eigenvalue weighted by Gasteiger charge is 2.20. The van der Waals surface area contributed by atoms with Crippen LogP contribution in [0.15, 0.2) is 52.3 Å². The first kappa shape index (κ1) is 43.1. The maximum Gasteiger partial charge on any atom is 0.290 e. The average molecular weight is 638 g/mol. The number of likely N-dealkylation sites (N-methyl/N-ethyl adjacent to an activating group) is 1. The standard InChI is InChI=1S/C22H33N3O3S.C6H12O2.C2H6.C2H2.CH2O2/c1-17(2)16-25(29(27)21-9-7-20(28-5)8-10-21)13-12-19(24(3)4)14-18-6-11-22(26)23-15-18;7-3-1-6-2-4-8-5-6;2*1-2;2-1-3/h6-11,15,17,19H,12-14,16H2,1-5H3,(H,23,26);6-7H,1-5H2;1-2H3;1-2H;1H,(H,2,3)/t19-,29?;6-;;;/m10.../s1. The number of methoxy groups -OCH3 is 1. The first-order valence-electron chi connectivity index (χ1n) is 14.9. The number of hydrogen-bond acceptors (Lipinski definition) is 7. The number of nitrogens with zero attached hydrogens (tertiary/aromatic N) is 2. The van der Waals surface area contributed by atoms with E-state index in [-0.39, 0.29) is 18.1 Å². The van der Waals surface area contributed by atoms with E-state index in [1.165, 1.54) is 0 Å². The van der Waals surface area contributed by atoms with E-state index in [2.05, 4.69) is 55.0 Å². The first-order chi connectivity index (χ1) is 21.1. The molecule has 3 atom stereocenters. The Hall–Kier alpha value is -3.01. The molecule has 11 heteroatoms. The number of aromatic amines is 1. The van der Waals surface area contributed by atoms with Gasteiger partial charge < -0.3 is 29.6 Å². The Kier molecular flexibility index (Phi) is 27.0. The van der Waals surface area contributed by atoms with Gasteiger partial charge in [-0.1, -0.05) is 33.8 Å². The zero-order valence-corrected chi connectivity index (χ0v) is 28.4. The van der Waals surface area contributed by atoms with Gasteiger partial charge in [-0.25, -0.2) is 8.51 Å². The van der Waals surface area contributed by atoms with Crippen LogP contribution in [0.4, 0.5) is 0 Å². The quantitative estimate of drug-likeness (QED) is 0.219. The molecule has 1 aromatic heterocycles. The zero-order chi connectivity index (χ0) is 33.9. The number of benzene rings is 1. The Morgan fingerprint density at radius 3 is 2.20 bits per heavy atom. The average Bonchev–Trinajstić information content (AvgIpc) is 3.55. The van der Waals surface area contributed by atoms with Crippen LogP contribution in [0.2, 0.25) is 0 Å². The predicted octanol–water partition coefficient (Wildman–Crippen LogP) is 4.31. The van der Waals surface area contributed by atoms with Gasteiger partial charge in [0.2, 0.25) is 5.56 Å². The fourth-order valence-electron chi connectivity index (χ4n) is 4.16. The van der Waals surface area contributed by atoms with Crippen molar-refractivity contribution < 1.29 is 28.7 Å². The van der Waals surface area contributed by atoms with Gasteiger partial charge in [-0.05, 0) is 81.4 Å². The van der Waals surface area contributed by atoms with E-state index >= 15 is 0 Å².